The van der Waals surface area contributed by atoms with Gasteiger partial charge in [-0.3, -0.25) is 9.52 Å². The van der Waals surface area contributed by atoms with E-state index in [0.717, 1.165) is 0 Å². The number of aromatic nitrogens is 2. The van der Waals surface area contributed by atoms with E-state index in [2.05, 4.69) is 24.7 Å². The first-order valence-corrected chi connectivity index (χ1v) is 13.5. The van der Waals surface area contributed by atoms with Crippen LogP contribution < -0.4 is 14.8 Å². The lowest BCUT2D eigenvalue weighted by atomic mass is 10.1. The van der Waals surface area contributed by atoms with Gasteiger partial charge < -0.3 is 5.32 Å². The minimum atomic E-state index is -3.95. The van der Waals surface area contributed by atoms with Crippen molar-refractivity contribution in [2.45, 2.75) is 16.7 Å². The van der Waals surface area contributed by atoms with Gasteiger partial charge in [0.1, 0.15) is 0 Å². The third-order valence-electron chi connectivity index (χ3n) is 4.91. The summed E-state index contributed by atoms with van der Waals surface area (Å²) in [7, 11) is -7.85. The molecule has 1 aromatic heterocycles. The second-order valence-electron chi connectivity index (χ2n) is 7.57. The number of para-hydroxylation sites is 1. The van der Waals surface area contributed by atoms with E-state index in [9.17, 15) is 21.6 Å². The highest BCUT2D eigenvalue weighted by Crippen LogP contribution is 2.22. The standard InChI is InChI=1S/C24H21N5O5S2/c1-17-15-16-25-24(26-17)29-36(33,34)20-13-11-18(12-14-20)27-23(30)21-9-5-6-10-22(21)28-35(31,32)19-7-3-2-4-8-19/h2-16,28H,1H3,(H,27,30)(H,25,26,29). The molecule has 0 bridgehead atoms. The highest BCUT2D eigenvalue weighted by atomic mass is 32.2. The molecule has 1 heterocycles. The molecule has 0 spiro atoms. The number of rotatable bonds is 8. The molecule has 3 aromatic carbocycles. The smallest absolute Gasteiger partial charge is 0.264 e. The van der Waals surface area contributed by atoms with Gasteiger partial charge in [-0.2, -0.15) is 0 Å². The molecule has 0 aliphatic carbocycles. The first-order valence-electron chi connectivity index (χ1n) is 10.5. The fourth-order valence-corrected chi connectivity index (χ4v) is 5.22. The van der Waals surface area contributed by atoms with Gasteiger partial charge in [-0.25, -0.2) is 31.5 Å². The lowest BCUT2D eigenvalue weighted by Gasteiger charge is -2.13. The van der Waals surface area contributed by atoms with Crippen molar-refractivity contribution in [3.05, 3.63) is 102 Å². The summed E-state index contributed by atoms with van der Waals surface area (Å²) < 4.78 is 55.4. The zero-order chi connectivity index (χ0) is 25.8. The third kappa shape index (κ3) is 5.85. The number of benzene rings is 3. The summed E-state index contributed by atoms with van der Waals surface area (Å²) in [5.41, 5.74) is 1.10. The first-order chi connectivity index (χ1) is 17.1. The van der Waals surface area contributed by atoms with Gasteiger partial charge in [0.2, 0.25) is 5.95 Å². The SMILES string of the molecule is Cc1ccnc(NS(=O)(=O)c2ccc(NC(=O)c3ccccc3NS(=O)(=O)c3ccccc3)cc2)n1. The van der Waals surface area contributed by atoms with E-state index >= 15 is 0 Å². The zero-order valence-electron chi connectivity index (χ0n) is 18.9. The summed E-state index contributed by atoms with van der Waals surface area (Å²) in [6.07, 6.45) is 1.44. The maximum absolute atomic E-state index is 12.9. The van der Waals surface area contributed by atoms with Crippen LogP contribution in [0.2, 0.25) is 0 Å². The van der Waals surface area contributed by atoms with Gasteiger partial charge in [0.25, 0.3) is 26.0 Å². The number of amides is 1. The number of nitrogens with one attached hydrogen (secondary N) is 3. The van der Waals surface area contributed by atoms with Gasteiger partial charge in [-0.1, -0.05) is 30.3 Å². The van der Waals surface area contributed by atoms with Crippen molar-refractivity contribution in [1.82, 2.24) is 9.97 Å². The van der Waals surface area contributed by atoms with E-state index in [0.29, 0.717) is 11.4 Å². The van der Waals surface area contributed by atoms with Crippen LogP contribution in [-0.2, 0) is 20.0 Å². The minimum Gasteiger partial charge on any atom is -0.322 e. The van der Waals surface area contributed by atoms with Gasteiger partial charge in [0, 0.05) is 17.6 Å². The molecule has 1 amide bonds. The number of carbonyl (C=O) groups is 1. The number of nitrogens with zero attached hydrogens (tertiary/aromatic N) is 2. The van der Waals surface area contributed by atoms with Crippen LogP contribution in [0, 0.1) is 6.92 Å². The van der Waals surface area contributed by atoms with Crippen LogP contribution in [-0.4, -0.2) is 32.7 Å². The molecule has 0 atom stereocenters. The van der Waals surface area contributed by atoms with Gasteiger partial charge in [-0.15, -0.1) is 0 Å². The fraction of sp³-hybridized carbons (Fsp3) is 0.0417. The first kappa shape index (κ1) is 24.8. The van der Waals surface area contributed by atoms with Crippen molar-refractivity contribution in [2.24, 2.45) is 0 Å². The van der Waals surface area contributed by atoms with Crippen LogP contribution in [0.25, 0.3) is 0 Å². The van der Waals surface area contributed by atoms with Crippen molar-refractivity contribution in [1.29, 1.82) is 0 Å². The Kier molecular flexibility index (Phi) is 6.99. The Morgan fingerprint density at radius 1 is 0.722 bits per heavy atom. The number of anilines is 3. The molecule has 0 fully saturated rings. The average molecular weight is 524 g/mol. The molecule has 0 saturated heterocycles. The number of hydrogen-bond acceptors (Lipinski definition) is 7. The Hall–Kier alpha value is -4.29. The molecule has 12 heteroatoms. The number of sulfonamides is 2. The van der Waals surface area contributed by atoms with Crippen molar-refractivity contribution in [3.8, 4) is 0 Å². The maximum Gasteiger partial charge on any atom is 0.264 e. The Morgan fingerprint density at radius 3 is 2.03 bits per heavy atom. The Morgan fingerprint density at radius 2 is 1.33 bits per heavy atom. The van der Waals surface area contributed by atoms with E-state index in [1.165, 1.54) is 54.7 Å². The predicted molar refractivity (Wildman–Crippen MR) is 136 cm³/mol. The molecule has 10 nitrogen and oxygen atoms in total. The summed E-state index contributed by atoms with van der Waals surface area (Å²) in [4.78, 5) is 20.8. The normalized spacial score (nSPS) is 11.5. The molecule has 0 aliphatic rings. The summed E-state index contributed by atoms with van der Waals surface area (Å²) in [6, 6.07) is 21.0. The number of hydrogen-bond donors (Lipinski definition) is 3. The Balaban J connectivity index is 1.50. The van der Waals surface area contributed by atoms with Crippen LogP contribution >= 0.6 is 0 Å². The molecule has 4 rings (SSSR count). The molecule has 3 N–H and O–H groups in total. The molecular weight excluding hydrogens is 502 g/mol. The number of aryl methyl sites for hydroxylation is 1. The third-order valence-corrected chi connectivity index (χ3v) is 7.64. The molecule has 0 aliphatic heterocycles. The quantitative estimate of drug-likeness (QED) is 0.319. The van der Waals surface area contributed by atoms with Crippen molar-refractivity contribution < 1.29 is 21.6 Å². The largest absolute Gasteiger partial charge is 0.322 e. The summed E-state index contributed by atoms with van der Waals surface area (Å²) in [5, 5.41) is 2.65. The Labute approximate surface area is 208 Å². The van der Waals surface area contributed by atoms with Crippen LogP contribution in [0.5, 0.6) is 0 Å². The van der Waals surface area contributed by atoms with Crippen LogP contribution in [0.15, 0.2) is 101 Å². The second-order valence-corrected chi connectivity index (χ2v) is 10.9. The van der Waals surface area contributed by atoms with E-state index in [1.807, 2.05) is 0 Å². The molecule has 0 unspecified atom stereocenters. The highest BCUT2D eigenvalue weighted by Gasteiger charge is 2.19. The van der Waals surface area contributed by atoms with Crippen molar-refractivity contribution in [3.63, 3.8) is 0 Å². The average Bonchev–Trinajstić information content (AvgIpc) is 2.85. The predicted octanol–water partition coefficient (Wildman–Crippen LogP) is 3.64. The van der Waals surface area contributed by atoms with Gasteiger partial charge >= 0.3 is 0 Å². The van der Waals surface area contributed by atoms with Crippen LogP contribution in [0.3, 0.4) is 0 Å². The zero-order valence-corrected chi connectivity index (χ0v) is 20.5. The molecule has 36 heavy (non-hydrogen) atoms. The lowest BCUT2D eigenvalue weighted by molar-refractivity contribution is 0.102. The summed E-state index contributed by atoms with van der Waals surface area (Å²) in [6.45, 7) is 1.71. The maximum atomic E-state index is 12.9. The van der Waals surface area contributed by atoms with E-state index in [1.54, 1.807) is 43.3 Å². The minimum absolute atomic E-state index is 0.0538. The molecule has 184 valence electrons. The van der Waals surface area contributed by atoms with E-state index < -0.39 is 26.0 Å². The van der Waals surface area contributed by atoms with Gasteiger partial charge in [0.15, 0.2) is 0 Å². The lowest BCUT2D eigenvalue weighted by Crippen LogP contribution is -2.19. The monoisotopic (exact) mass is 523 g/mol. The van der Waals surface area contributed by atoms with Gasteiger partial charge in [0.05, 0.1) is 21.0 Å². The van der Waals surface area contributed by atoms with Crippen molar-refractivity contribution in [2.75, 3.05) is 14.8 Å². The molecule has 4 aromatic rings. The molecular formula is C24H21N5O5S2. The fourth-order valence-electron chi connectivity index (χ4n) is 3.17. The highest BCUT2D eigenvalue weighted by molar-refractivity contribution is 7.93. The molecule has 0 saturated carbocycles. The van der Waals surface area contributed by atoms with Crippen LogP contribution in [0.1, 0.15) is 16.1 Å². The van der Waals surface area contributed by atoms with Gasteiger partial charge in [-0.05, 0) is 61.5 Å². The molecule has 0 radical (unpaired) electrons. The topological polar surface area (TPSA) is 147 Å². The van der Waals surface area contributed by atoms with E-state index in [-0.39, 0.29) is 27.0 Å². The second kappa shape index (κ2) is 10.1. The van der Waals surface area contributed by atoms with E-state index in [4.69, 9.17) is 0 Å². The van der Waals surface area contributed by atoms with Crippen LogP contribution in [0.4, 0.5) is 17.3 Å². The summed E-state index contributed by atoms with van der Waals surface area (Å²) in [5.74, 6) is -0.634. The summed E-state index contributed by atoms with van der Waals surface area (Å²) >= 11 is 0. The number of carbonyl (C=O) groups excluding carboxylic acids is 1. The Bertz CT molecular complexity index is 1610. The van der Waals surface area contributed by atoms with Crippen molar-refractivity contribution >= 4 is 43.3 Å².